The van der Waals surface area contributed by atoms with Crippen LogP contribution < -0.4 is 19.8 Å². The van der Waals surface area contributed by atoms with Crippen LogP contribution in [0.5, 0.6) is 17.2 Å². The standard InChI is InChI=1S/C32H27NO6/c1-18(2)17-33-25-7-5-4-6-20(25)15-24(32(33)36)23-16-28(34)38-26-13-12-22-30(35)27(39-31(22)29(23)26)14-19-8-10-21(37-3)11-9-19/h4-15,18,23H,16-17H2,1-3H3/b27-14+. The van der Waals surface area contributed by atoms with Crippen LogP contribution in [0.25, 0.3) is 17.0 Å². The molecule has 7 heteroatoms. The molecule has 196 valence electrons. The summed E-state index contributed by atoms with van der Waals surface area (Å²) in [5, 5.41) is 0.901. The van der Waals surface area contributed by atoms with E-state index >= 15 is 0 Å². The minimum absolute atomic E-state index is 0.0339. The summed E-state index contributed by atoms with van der Waals surface area (Å²) in [6.45, 7) is 4.65. The largest absolute Gasteiger partial charge is 0.497 e. The molecule has 6 rings (SSSR count). The van der Waals surface area contributed by atoms with Gasteiger partial charge in [0.05, 0.1) is 24.6 Å². The van der Waals surface area contributed by atoms with Gasteiger partial charge in [0, 0.05) is 23.6 Å². The van der Waals surface area contributed by atoms with E-state index in [1.165, 1.54) is 0 Å². The number of fused-ring (bicyclic) bond motifs is 4. The summed E-state index contributed by atoms with van der Waals surface area (Å²) in [6.07, 6.45) is 1.64. The van der Waals surface area contributed by atoms with Crippen LogP contribution in [0.15, 0.2) is 77.3 Å². The minimum atomic E-state index is -0.625. The van der Waals surface area contributed by atoms with E-state index in [1.807, 2.05) is 42.5 Å². The predicted octanol–water partition coefficient (Wildman–Crippen LogP) is 5.72. The number of carbonyl (C=O) groups is 2. The molecule has 4 aromatic rings. The Bertz CT molecular complexity index is 1730. The first-order valence-corrected chi connectivity index (χ1v) is 12.9. The summed E-state index contributed by atoms with van der Waals surface area (Å²) >= 11 is 0. The fourth-order valence-electron chi connectivity index (χ4n) is 5.37. The van der Waals surface area contributed by atoms with E-state index in [0.717, 1.165) is 16.5 Å². The van der Waals surface area contributed by atoms with Crippen molar-refractivity contribution in [1.82, 2.24) is 4.57 Å². The lowest BCUT2D eigenvalue weighted by molar-refractivity contribution is -0.135. The molecule has 1 atom stereocenters. The van der Waals surface area contributed by atoms with Crippen molar-refractivity contribution in [2.24, 2.45) is 5.92 Å². The fourth-order valence-corrected chi connectivity index (χ4v) is 5.37. The number of ether oxygens (including phenoxy) is 3. The van der Waals surface area contributed by atoms with E-state index in [-0.39, 0.29) is 29.4 Å². The zero-order chi connectivity index (χ0) is 27.3. The zero-order valence-electron chi connectivity index (χ0n) is 21.9. The molecule has 1 unspecified atom stereocenters. The summed E-state index contributed by atoms with van der Waals surface area (Å²) in [5.74, 6) is 0.407. The second kappa shape index (κ2) is 9.58. The van der Waals surface area contributed by atoms with Crippen molar-refractivity contribution in [1.29, 1.82) is 0 Å². The van der Waals surface area contributed by atoms with Gasteiger partial charge in [-0.25, -0.2) is 0 Å². The summed E-state index contributed by atoms with van der Waals surface area (Å²) in [4.78, 5) is 40.0. The van der Waals surface area contributed by atoms with Crippen molar-refractivity contribution >= 4 is 28.7 Å². The number of aromatic nitrogens is 1. The maximum absolute atomic E-state index is 13.9. The van der Waals surface area contributed by atoms with Gasteiger partial charge >= 0.3 is 5.97 Å². The number of nitrogens with zero attached hydrogens (tertiary/aromatic N) is 1. The highest BCUT2D eigenvalue weighted by Gasteiger charge is 2.39. The number of benzene rings is 3. The van der Waals surface area contributed by atoms with E-state index in [2.05, 4.69) is 13.8 Å². The number of para-hydroxylation sites is 1. The summed E-state index contributed by atoms with van der Waals surface area (Å²) < 4.78 is 18.7. The van der Waals surface area contributed by atoms with Gasteiger partial charge in [-0.1, -0.05) is 44.2 Å². The van der Waals surface area contributed by atoms with Gasteiger partial charge in [0.2, 0.25) is 5.78 Å². The lowest BCUT2D eigenvalue weighted by Crippen LogP contribution is -2.31. The Labute approximate surface area is 225 Å². The molecule has 0 saturated carbocycles. The van der Waals surface area contributed by atoms with E-state index < -0.39 is 11.9 Å². The van der Waals surface area contributed by atoms with E-state index in [0.29, 0.717) is 40.5 Å². The number of allylic oxidation sites excluding steroid dienone is 1. The van der Waals surface area contributed by atoms with Crippen LogP contribution >= 0.6 is 0 Å². The monoisotopic (exact) mass is 521 g/mol. The molecular weight excluding hydrogens is 494 g/mol. The van der Waals surface area contributed by atoms with Gasteiger partial charge in [-0.3, -0.25) is 14.4 Å². The van der Waals surface area contributed by atoms with Gasteiger partial charge < -0.3 is 18.8 Å². The Hall–Kier alpha value is -4.65. The molecule has 0 radical (unpaired) electrons. The highest BCUT2D eigenvalue weighted by molar-refractivity contribution is 6.15. The summed E-state index contributed by atoms with van der Waals surface area (Å²) in [7, 11) is 1.59. The average molecular weight is 522 g/mol. The quantitative estimate of drug-likeness (QED) is 0.190. The third-order valence-corrected chi connectivity index (χ3v) is 7.15. The average Bonchev–Trinajstić information content (AvgIpc) is 3.24. The highest BCUT2D eigenvalue weighted by atomic mass is 16.5. The molecule has 0 amide bonds. The molecule has 39 heavy (non-hydrogen) atoms. The van der Waals surface area contributed by atoms with Crippen LogP contribution in [0.4, 0.5) is 0 Å². The summed E-state index contributed by atoms with van der Waals surface area (Å²) in [6, 6.07) is 20.1. The Balaban J connectivity index is 1.50. The van der Waals surface area contributed by atoms with Crippen LogP contribution in [0.3, 0.4) is 0 Å². The number of hydrogen-bond acceptors (Lipinski definition) is 6. The first-order valence-electron chi connectivity index (χ1n) is 12.9. The SMILES string of the molecule is COc1ccc(/C=C2/Oc3c(ccc4c3C(c3cc5ccccc5n(CC(C)C)c3=O)CC(=O)O4)C2=O)cc1. The van der Waals surface area contributed by atoms with Gasteiger partial charge in [0.25, 0.3) is 5.56 Å². The van der Waals surface area contributed by atoms with Crippen LogP contribution in [0.2, 0.25) is 0 Å². The Morgan fingerprint density at radius 2 is 1.77 bits per heavy atom. The molecule has 7 nitrogen and oxygen atoms in total. The maximum Gasteiger partial charge on any atom is 0.312 e. The van der Waals surface area contributed by atoms with Crippen molar-refractivity contribution in [2.45, 2.75) is 32.7 Å². The fraction of sp³-hybridized carbons (Fsp3) is 0.219. The molecule has 0 saturated heterocycles. The van der Waals surface area contributed by atoms with Crippen molar-refractivity contribution in [2.75, 3.05) is 7.11 Å². The van der Waals surface area contributed by atoms with E-state index in [9.17, 15) is 14.4 Å². The normalized spacial score (nSPS) is 17.2. The molecule has 0 bridgehead atoms. The first kappa shape index (κ1) is 24.7. The van der Waals surface area contributed by atoms with Crippen LogP contribution in [0, 0.1) is 5.92 Å². The molecule has 3 heterocycles. The number of hydrogen-bond donors (Lipinski definition) is 0. The maximum atomic E-state index is 13.9. The van der Waals surface area contributed by atoms with Crippen molar-refractivity contribution in [3.05, 3.63) is 105 Å². The zero-order valence-corrected chi connectivity index (χ0v) is 21.9. The Morgan fingerprint density at radius 1 is 1.00 bits per heavy atom. The number of ketones is 1. The molecule has 2 aliphatic rings. The third-order valence-electron chi connectivity index (χ3n) is 7.15. The predicted molar refractivity (Wildman–Crippen MR) is 148 cm³/mol. The summed E-state index contributed by atoms with van der Waals surface area (Å²) in [5.41, 5.74) is 2.85. The number of methoxy groups -OCH3 is 1. The molecule has 0 spiro atoms. The highest BCUT2D eigenvalue weighted by Crippen LogP contribution is 2.48. The van der Waals surface area contributed by atoms with Gasteiger partial charge in [0.1, 0.15) is 17.2 Å². The topological polar surface area (TPSA) is 83.8 Å². The molecule has 0 fully saturated rings. The van der Waals surface area contributed by atoms with Crippen LogP contribution in [-0.2, 0) is 11.3 Å². The lowest BCUT2D eigenvalue weighted by atomic mass is 9.84. The number of Topliss-reactive ketones (excluding diaryl/α,β-unsaturated/α-hetero) is 1. The Kier molecular flexibility index (Phi) is 6.06. The number of pyridine rings is 1. The molecular formula is C32H27NO6. The van der Waals surface area contributed by atoms with E-state index in [1.54, 1.807) is 42.0 Å². The Morgan fingerprint density at radius 3 is 2.51 bits per heavy atom. The van der Waals surface area contributed by atoms with Gasteiger partial charge in [-0.2, -0.15) is 0 Å². The third kappa shape index (κ3) is 4.30. The number of esters is 1. The first-order chi connectivity index (χ1) is 18.8. The molecule has 3 aromatic carbocycles. The van der Waals surface area contributed by atoms with Crippen molar-refractivity contribution in [3.8, 4) is 17.2 Å². The number of carbonyl (C=O) groups excluding carboxylic acids is 2. The van der Waals surface area contributed by atoms with Crippen LogP contribution in [0.1, 0.15) is 53.2 Å². The van der Waals surface area contributed by atoms with Gasteiger partial charge in [0.15, 0.2) is 5.76 Å². The molecule has 2 aliphatic heterocycles. The van der Waals surface area contributed by atoms with Gasteiger partial charge in [-0.05, 0) is 59.3 Å². The molecule has 0 aliphatic carbocycles. The van der Waals surface area contributed by atoms with Crippen molar-refractivity contribution < 1.29 is 23.8 Å². The second-order valence-corrected chi connectivity index (χ2v) is 10.3. The van der Waals surface area contributed by atoms with E-state index in [4.69, 9.17) is 14.2 Å². The molecule has 1 aromatic heterocycles. The number of rotatable bonds is 5. The van der Waals surface area contributed by atoms with Crippen molar-refractivity contribution in [3.63, 3.8) is 0 Å². The van der Waals surface area contributed by atoms with Gasteiger partial charge in [-0.15, -0.1) is 0 Å². The molecule has 0 N–H and O–H groups in total. The second-order valence-electron chi connectivity index (χ2n) is 10.3. The van der Waals surface area contributed by atoms with Crippen LogP contribution in [-0.4, -0.2) is 23.4 Å². The smallest absolute Gasteiger partial charge is 0.312 e. The minimum Gasteiger partial charge on any atom is -0.497 e. The lowest BCUT2D eigenvalue weighted by Gasteiger charge is -2.27.